The fourth-order valence-electron chi connectivity index (χ4n) is 3.35. The third kappa shape index (κ3) is 1.71. The van der Waals surface area contributed by atoms with Crippen molar-refractivity contribution in [3.63, 3.8) is 0 Å². The monoisotopic (exact) mass is 210 g/mol. The Kier molecular flexibility index (Phi) is 2.49. The van der Waals surface area contributed by atoms with Gasteiger partial charge in [0.2, 0.25) is 0 Å². The molecule has 15 heavy (non-hydrogen) atoms. The largest absolute Gasteiger partial charge is 0.394 e. The summed E-state index contributed by atoms with van der Waals surface area (Å²) in [5.41, 5.74) is 0.0408. The zero-order chi connectivity index (χ0) is 10.3. The molecule has 2 unspecified atom stereocenters. The van der Waals surface area contributed by atoms with Gasteiger partial charge in [0, 0.05) is 12.6 Å². The van der Waals surface area contributed by atoms with Crippen LogP contribution in [0.4, 0.5) is 0 Å². The van der Waals surface area contributed by atoms with Gasteiger partial charge >= 0.3 is 0 Å². The molecule has 0 spiro atoms. The highest BCUT2D eigenvalue weighted by molar-refractivity contribution is 5.08. The van der Waals surface area contributed by atoms with Crippen molar-refractivity contribution >= 4 is 0 Å². The lowest BCUT2D eigenvalue weighted by molar-refractivity contribution is 0.126. The summed E-state index contributed by atoms with van der Waals surface area (Å²) in [4.78, 5) is 2.57. The average molecular weight is 210 g/mol. The fourth-order valence-corrected chi connectivity index (χ4v) is 3.35. The molecule has 3 aliphatic rings. The van der Waals surface area contributed by atoms with Crippen LogP contribution in [0.1, 0.15) is 32.1 Å². The zero-order valence-corrected chi connectivity index (χ0v) is 9.41. The van der Waals surface area contributed by atoms with E-state index in [4.69, 9.17) is 0 Å². The van der Waals surface area contributed by atoms with Crippen LogP contribution in [-0.2, 0) is 0 Å². The molecule has 1 saturated carbocycles. The first-order valence-electron chi connectivity index (χ1n) is 6.44. The van der Waals surface area contributed by atoms with E-state index in [-0.39, 0.29) is 5.54 Å². The summed E-state index contributed by atoms with van der Waals surface area (Å²) in [5, 5.41) is 13.4. The van der Waals surface area contributed by atoms with Gasteiger partial charge in [0.25, 0.3) is 0 Å². The van der Waals surface area contributed by atoms with Crippen LogP contribution in [0.5, 0.6) is 0 Å². The molecule has 3 heteroatoms. The second-order valence-corrected chi connectivity index (χ2v) is 5.58. The number of hydrogen-bond donors (Lipinski definition) is 2. The molecule has 0 aromatic carbocycles. The van der Waals surface area contributed by atoms with Crippen molar-refractivity contribution in [2.75, 3.05) is 26.2 Å². The summed E-state index contributed by atoms with van der Waals surface area (Å²) in [6, 6.07) is 0.612. The van der Waals surface area contributed by atoms with Crippen LogP contribution in [0.3, 0.4) is 0 Å². The molecule has 0 aromatic rings. The molecule has 2 aliphatic heterocycles. The Labute approximate surface area is 91.8 Å². The first-order valence-corrected chi connectivity index (χ1v) is 6.44. The first kappa shape index (κ1) is 10.1. The molecule has 0 aromatic heterocycles. The van der Waals surface area contributed by atoms with Gasteiger partial charge in [-0.2, -0.15) is 0 Å². The number of hydrogen-bond acceptors (Lipinski definition) is 3. The number of aliphatic hydroxyl groups is 1. The summed E-state index contributed by atoms with van der Waals surface area (Å²) in [6.07, 6.45) is 6.52. The van der Waals surface area contributed by atoms with Gasteiger partial charge in [0.15, 0.2) is 0 Å². The molecule has 1 aliphatic carbocycles. The molecule has 2 heterocycles. The maximum atomic E-state index is 9.71. The van der Waals surface area contributed by atoms with Crippen LogP contribution >= 0.6 is 0 Å². The Morgan fingerprint density at radius 2 is 2.13 bits per heavy atom. The molecule has 2 atom stereocenters. The molecule has 3 nitrogen and oxygen atoms in total. The van der Waals surface area contributed by atoms with Gasteiger partial charge in [0.05, 0.1) is 12.1 Å². The fraction of sp³-hybridized carbons (Fsp3) is 1.00. The Morgan fingerprint density at radius 3 is 2.87 bits per heavy atom. The van der Waals surface area contributed by atoms with Crippen molar-refractivity contribution in [2.24, 2.45) is 5.92 Å². The quantitative estimate of drug-likeness (QED) is 0.713. The number of aliphatic hydroxyl groups excluding tert-OH is 1. The minimum absolute atomic E-state index is 0.0408. The summed E-state index contributed by atoms with van der Waals surface area (Å²) in [6.45, 7) is 3.88. The van der Waals surface area contributed by atoms with Crippen LogP contribution < -0.4 is 5.32 Å². The highest BCUT2D eigenvalue weighted by Crippen LogP contribution is 2.37. The lowest BCUT2D eigenvalue weighted by Gasteiger charge is -2.34. The summed E-state index contributed by atoms with van der Waals surface area (Å²) < 4.78 is 0. The van der Waals surface area contributed by atoms with E-state index < -0.39 is 0 Å². The SMILES string of the molecule is OCC1(NCC2CC2)CCN2CCCC21. The molecule has 86 valence electrons. The van der Waals surface area contributed by atoms with E-state index in [1.54, 1.807) is 0 Å². The maximum absolute atomic E-state index is 9.71. The van der Waals surface area contributed by atoms with Gasteiger partial charge in [-0.3, -0.25) is 4.90 Å². The minimum Gasteiger partial charge on any atom is -0.394 e. The average Bonchev–Trinajstić information content (AvgIpc) is 2.85. The Bertz CT molecular complexity index is 242. The van der Waals surface area contributed by atoms with Crippen molar-refractivity contribution in [1.82, 2.24) is 10.2 Å². The second-order valence-electron chi connectivity index (χ2n) is 5.58. The van der Waals surface area contributed by atoms with Crippen LogP contribution in [0.2, 0.25) is 0 Å². The molecule has 0 bridgehead atoms. The molecular weight excluding hydrogens is 188 g/mol. The maximum Gasteiger partial charge on any atom is 0.0629 e. The van der Waals surface area contributed by atoms with Gasteiger partial charge in [-0.25, -0.2) is 0 Å². The Balaban J connectivity index is 1.67. The van der Waals surface area contributed by atoms with E-state index in [1.165, 1.54) is 38.8 Å². The molecule has 3 rings (SSSR count). The van der Waals surface area contributed by atoms with E-state index in [1.807, 2.05) is 0 Å². The first-order chi connectivity index (χ1) is 7.34. The van der Waals surface area contributed by atoms with E-state index in [9.17, 15) is 5.11 Å². The summed E-state index contributed by atoms with van der Waals surface area (Å²) in [7, 11) is 0. The van der Waals surface area contributed by atoms with Crippen molar-refractivity contribution in [3.05, 3.63) is 0 Å². The zero-order valence-electron chi connectivity index (χ0n) is 9.41. The summed E-state index contributed by atoms with van der Waals surface area (Å²) in [5.74, 6) is 0.906. The third-order valence-electron chi connectivity index (χ3n) is 4.57. The lowest BCUT2D eigenvalue weighted by Crippen LogP contribution is -2.56. The topological polar surface area (TPSA) is 35.5 Å². The minimum atomic E-state index is 0.0408. The molecule has 0 amide bonds. The highest BCUT2D eigenvalue weighted by Gasteiger charge is 2.48. The molecule has 3 fully saturated rings. The normalized spacial score (nSPS) is 41.0. The predicted octanol–water partition coefficient (Wildman–Crippen LogP) is 0.585. The molecule has 0 radical (unpaired) electrons. The van der Waals surface area contributed by atoms with Gasteiger partial charge in [-0.1, -0.05) is 0 Å². The molecule has 2 saturated heterocycles. The smallest absolute Gasteiger partial charge is 0.0629 e. The Hall–Kier alpha value is -0.120. The standard InChI is InChI=1S/C12H22N2O/c15-9-12(13-8-10-3-4-10)5-7-14-6-1-2-11(12)14/h10-11,13,15H,1-9H2. The Morgan fingerprint density at radius 1 is 1.27 bits per heavy atom. The van der Waals surface area contributed by atoms with E-state index >= 15 is 0 Å². The van der Waals surface area contributed by atoms with Crippen molar-refractivity contribution in [2.45, 2.75) is 43.7 Å². The number of rotatable bonds is 4. The molecule has 2 N–H and O–H groups in total. The predicted molar refractivity (Wildman–Crippen MR) is 59.8 cm³/mol. The second kappa shape index (κ2) is 3.72. The van der Waals surface area contributed by atoms with Crippen molar-refractivity contribution in [3.8, 4) is 0 Å². The van der Waals surface area contributed by atoms with Crippen molar-refractivity contribution < 1.29 is 5.11 Å². The number of fused-ring (bicyclic) bond motifs is 1. The van der Waals surface area contributed by atoms with E-state index in [0.717, 1.165) is 18.9 Å². The van der Waals surface area contributed by atoms with E-state index in [2.05, 4.69) is 10.2 Å². The van der Waals surface area contributed by atoms with Crippen LogP contribution in [-0.4, -0.2) is 47.8 Å². The number of nitrogens with zero attached hydrogens (tertiary/aromatic N) is 1. The van der Waals surface area contributed by atoms with Gasteiger partial charge in [-0.05, 0) is 51.1 Å². The van der Waals surface area contributed by atoms with E-state index in [0.29, 0.717) is 12.6 Å². The summed E-state index contributed by atoms with van der Waals surface area (Å²) >= 11 is 0. The molecular formula is C12H22N2O. The van der Waals surface area contributed by atoms with Crippen LogP contribution in [0.25, 0.3) is 0 Å². The van der Waals surface area contributed by atoms with Crippen LogP contribution in [0.15, 0.2) is 0 Å². The van der Waals surface area contributed by atoms with Crippen molar-refractivity contribution in [1.29, 1.82) is 0 Å². The third-order valence-corrected chi connectivity index (χ3v) is 4.57. The lowest BCUT2D eigenvalue weighted by atomic mass is 9.89. The highest BCUT2D eigenvalue weighted by atomic mass is 16.3. The number of nitrogens with one attached hydrogen (secondary N) is 1. The van der Waals surface area contributed by atoms with Gasteiger partial charge in [-0.15, -0.1) is 0 Å². The van der Waals surface area contributed by atoms with Crippen LogP contribution in [0, 0.1) is 5.92 Å². The van der Waals surface area contributed by atoms with Gasteiger partial charge in [0.1, 0.15) is 0 Å². The van der Waals surface area contributed by atoms with Gasteiger partial charge < -0.3 is 10.4 Å².